The molecule has 0 heterocycles. The second-order valence-electron chi connectivity index (χ2n) is 8.14. The van der Waals surface area contributed by atoms with Crippen molar-refractivity contribution in [2.24, 2.45) is 5.92 Å². The lowest BCUT2D eigenvalue weighted by molar-refractivity contribution is -0.118. The summed E-state index contributed by atoms with van der Waals surface area (Å²) >= 11 is 0. The lowest BCUT2D eigenvalue weighted by Gasteiger charge is -2.22. The zero-order chi connectivity index (χ0) is 25.4. The molecule has 0 unspecified atom stereocenters. The number of ether oxygens (including phenoxy) is 2. The van der Waals surface area contributed by atoms with E-state index in [2.05, 4.69) is 16.0 Å². The van der Waals surface area contributed by atoms with Crippen molar-refractivity contribution < 1.29 is 23.9 Å². The summed E-state index contributed by atoms with van der Waals surface area (Å²) in [6.45, 7) is 3.69. The predicted octanol–water partition coefficient (Wildman–Crippen LogP) is 4.35. The first-order valence-electron chi connectivity index (χ1n) is 11.1. The molecule has 8 nitrogen and oxygen atoms in total. The Kier molecular flexibility index (Phi) is 8.45. The van der Waals surface area contributed by atoms with E-state index in [9.17, 15) is 14.4 Å². The number of hydrogen-bond donors (Lipinski definition) is 3. The van der Waals surface area contributed by atoms with Crippen molar-refractivity contribution in [3.05, 3.63) is 83.9 Å². The third kappa shape index (κ3) is 6.60. The average Bonchev–Trinajstić information content (AvgIpc) is 2.87. The van der Waals surface area contributed by atoms with Crippen LogP contribution in [0, 0.1) is 5.92 Å². The van der Waals surface area contributed by atoms with Gasteiger partial charge in [0, 0.05) is 11.3 Å². The molecule has 0 aliphatic carbocycles. The van der Waals surface area contributed by atoms with Crippen molar-refractivity contribution in [2.45, 2.75) is 19.9 Å². The summed E-state index contributed by atoms with van der Waals surface area (Å²) in [5, 5.41) is 8.39. The summed E-state index contributed by atoms with van der Waals surface area (Å²) in [4.78, 5) is 38.8. The first kappa shape index (κ1) is 25.3. The molecule has 35 heavy (non-hydrogen) atoms. The maximum Gasteiger partial charge on any atom is 0.255 e. The first-order valence-corrected chi connectivity index (χ1v) is 11.1. The minimum absolute atomic E-state index is 0.182. The van der Waals surface area contributed by atoms with Gasteiger partial charge in [-0.15, -0.1) is 0 Å². The molecule has 3 amide bonds. The third-order valence-electron chi connectivity index (χ3n) is 5.37. The molecule has 0 saturated carbocycles. The number of carbonyl (C=O) groups excluding carboxylic acids is 3. The number of carbonyl (C=O) groups is 3. The van der Waals surface area contributed by atoms with Crippen molar-refractivity contribution in [1.82, 2.24) is 5.32 Å². The second kappa shape index (κ2) is 11.7. The van der Waals surface area contributed by atoms with Crippen LogP contribution in [0.2, 0.25) is 0 Å². The number of para-hydroxylation sites is 1. The summed E-state index contributed by atoms with van der Waals surface area (Å²) in [5.41, 5.74) is 1.59. The van der Waals surface area contributed by atoms with Crippen LogP contribution in [-0.2, 0) is 4.79 Å². The smallest absolute Gasteiger partial charge is 0.255 e. The first-order chi connectivity index (χ1) is 16.8. The Bertz CT molecular complexity index is 1170. The molecule has 0 aliphatic heterocycles. The Labute approximate surface area is 204 Å². The van der Waals surface area contributed by atoms with Crippen LogP contribution in [0.25, 0.3) is 0 Å². The number of hydrogen-bond acceptors (Lipinski definition) is 5. The lowest BCUT2D eigenvalue weighted by Crippen LogP contribution is -2.47. The number of anilines is 2. The maximum atomic E-state index is 13.1. The van der Waals surface area contributed by atoms with Crippen LogP contribution in [0.1, 0.15) is 34.6 Å². The van der Waals surface area contributed by atoms with E-state index < -0.39 is 11.9 Å². The molecule has 0 fully saturated rings. The van der Waals surface area contributed by atoms with Crippen LogP contribution in [0.4, 0.5) is 11.4 Å². The summed E-state index contributed by atoms with van der Waals surface area (Å²) in [6, 6.07) is 19.4. The van der Waals surface area contributed by atoms with Crippen molar-refractivity contribution >= 4 is 29.1 Å². The topological polar surface area (TPSA) is 106 Å². The summed E-state index contributed by atoms with van der Waals surface area (Å²) in [7, 11) is 3.11. The van der Waals surface area contributed by atoms with Gasteiger partial charge in [0.15, 0.2) is 0 Å². The number of amides is 3. The molecule has 0 aromatic heterocycles. The monoisotopic (exact) mass is 475 g/mol. The Morgan fingerprint density at radius 1 is 0.714 bits per heavy atom. The van der Waals surface area contributed by atoms with Crippen LogP contribution in [0.15, 0.2) is 72.8 Å². The van der Waals surface area contributed by atoms with E-state index in [4.69, 9.17) is 9.47 Å². The largest absolute Gasteiger partial charge is 0.497 e. The van der Waals surface area contributed by atoms with Crippen LogP contribution >= 0.6 is 0 Å². The van der Waals surface area contributed by atoms with Gasteiger partial charge in [0.1, 0.15) is 17.5 Å². The van der Waals surface area contributed by atoms with Crippen molar-refractivity contribution in [2.75, 3.05) is 24.9 Å². The predicted molar refractivity (Wildman–Crippen MR) is 135 cm³/mol. The normalized spacial score (nSPS) is 11.3. The van der Waals surface area contributed by atoms with Gasteiger partial charge < -0.3 is 25.4 Å². The number of rotatable bonds is 9. The second-order valence-corrected chi connectivity index (χ2v) is 8.14. The fraction of sp³-hybridized carbons (Fsp3) is 0.222. The molecule has 3 aromatic carbocycles. The molecule has 0 radical (unpaired) electrons. The van der Waals surface area contributed by atoms with Crippen LogP contribution in [0.5, 0.6) is 11.5 Å². The Balaban J connectivity index is 1.73. The zero-order valence-corrected chi connectivity index (χ0v) is 20.1. The van der Waals surface area contributed by atoms with Gasteiger partial charge in [0.25, 0.3) is 11.8 Å². The van der Waals surface area contributed by atoms with Gasteiger partial charge in [0.2, 0.25) is 5.91 Å². The highest BCUT2D eigenvalue weighted by Gasteiger charge is 2.26. The van der Waals surface area contributed by atoms with E-state index in [1.165, 1.54) is 0 Å². The van der Waals surface area contributed by atoms with Gasteiger partial charge in [-0.1, -0.05) is 26.0 Å². The van der Waals surface area contributed by atoms with E-state index >= 15 is 0 Å². The molecule has 3 aromatic rings. The Hall–Kier alpha value is -4.33. The number of nitrogens with one attached hydrogen (secondary N) is 3. The van der Waals surface area contributed by atoms with E-state index in [1.807, 2.05) is 13.8 Å². The molecule has 0 spiro atoms. The fourth-order valence-electron chi connectivity index (χ4n) is 3.38. The standard InChI is InChI=1S/C27H29N3O5/c1-17(2)24(27(33)28-19-11-15-21(35-4)16-12-19)30-26(32)22-7-5-6-8-23(22)29-25(31)18-9-13-20(34-3)14-10-18/h5-17,24H,1-4H3,(H,28,33)(H,29,31)(H,30,32)/t24-/m0/s1. The Morgan fingerprint density at radius 3 is 1.86 bits per heavy atom. The van der Waals surface area contributed by atoms with Crippen LogP contribution in [-0.4, -0.2) is 38.0 Å². The number of methoxy groups -OCH3 is 2. The van der Waals surface area contributed by atoms with E-state index in [0.29, 0.717) is 28.4 Å². The fourth-order valence-corrected chi connectivity index (χ4v) is 3.38. The molecule has 0 bridgehead atoms. The summed E-state index contributed by atoms with van der Waals surface area (Å²) < 4.78 is 10.3. The quantitative estimate of drug-likeness (QED) is 0.427. The number of benzene rings is 3. The van der Waals surface area contributed by atoms with Crippen molar-refractivity contribution in [3.8, 4) is 11.5 Å². The molecular weight excluding hydrogens is 446 g/mol. The van der Waals surface area contributed by atoms with Crippen molar-refractivity contribution in [3.63, 3.8) is 0 Å². The van der Waals surface area contributed by atoms with Gasteiger partial charge >= 0.3 is 0 Å². The highest BCUT2D eigenvalue weighted by molar-refractivity contribution is 6.10. The molecule has 0 saturated heterocycles. The lowest BCUT2D eigenvalue weighted by atomic mass is 10.0. The average molecular weight is 476 g/mol. The highest BCUT2D eigenvalue weighted by atomic mass is 16.5. The minimum Gasteiger partial charge on any atom is -0.497 e. The van der Waals surface area contributed by atoms with E-state index in [1.54, 1.807) is 87.0 Å². The molecular formula is C27H29N3O5. The molecule has 3 N–H and O–H groups in total. The summed E-state index contributed by atoms with van der Waals surface area (Å²) in [6.07, 6.45) is 0. The van der Waals surface area contributed by atoms with E-state index in [0.717, 1.165) is 0 Å². The van der Waals surface area contributed by atoms with Gasteiger partial charge in [-0.3, -0.25) is 14.4 Å². The molecule has 8 heteroatoms. The minimum atomic E-state index is -0.796. The summed E-state index contributed by atoms with van der Waals surface area (Å²) in [5.74, 6) is -0.0692. The molecule has 0 aliphatic rings. The molecule has 3 rings (SSSR count). The van der Waals surface area contributed by atoms with Crippen LogP contribution in [0.3, 0.4) is 0 Å². The zero-order valence-electron chi connectivity index (χ0n) is 20.1. The van der Waals surface area contributed by atoms with Crippen molar-refractivity contribution in [1.29, 1.82) is 0 Å². The van der Waals surface area contributed by atoms with Gasteiger partial charge in [0.05, 0.1) is 25.5 Å². The Morgan fingerprint density at radius 2 is 1.29 bits per heavy atom. The van der Waals surface area contributed by atoms with Gasteiger partial charge in [-0.05, 0) is 66.6 Å². The molecule has 1 atom stereocenters. The third-order valence-corrected chi connectivity index (χ3v) is 5.37. The molecule has 182 valence electrons. The highest BCUT2D eigenvalue weighted by Crippen LogP contribution is 2.20. The van der Waals surface area contributed by atoms with E-state index in [-0.39, 0.29) is 23.3 Å². The van der Waals surface area contributed by atoms with Gasteiger partial charge in [-0.25, -0.2) is 0 Å². The SMILES string of the molecule is COc1ccc(NC(=O)[C@@H](NC(=O)c2ccccc2NC(=O)c2ccc(OC)cc2)C(C)C)cc1. The van der Waals surface area contributed by atoms with Crippen LogP contribution < -0.4 is 25.4 Å². The van der Waals surface area contributed by atoms with Gasteiger partial charge in [-0.2, -0.15) is 0 Å². The maximum absolute atomic E-state index is 13.1.